The van der Waals surface area contributed by atoms with E-state index in [2.05, 4.69) is 15.0 Å². The van der Waals surface area contributed by atoms with Gasteiger partial charge in [0.15, 0.2) is 5.96 Å². The van der Waals surface area contributed by atoms with Crippen molar-refractivity contribution >= 4 is 11.9 Å². The van der Waals surface area contributed by atoms with Crippen LogP contribution >= 0.6 is 0 Å². The van der Waals surface area contributed by atoms with Gasteiger partial charge < -0.3 is 20.5 Å². The molecule has 15 heavy (non-hydrogen) atoms. The standard InChI is InChI=1S/C9H19N3O3/c1-7(6-14-2)12-9(10)11-5-4-8(13)15-3/h7H,4-6H2,1-3H3,(H3,10,11,12). The maximum atomic E-state index is 10.7. The maximum Gasteiger partial charge on any atom is 0.307 e. The number of esters is 1. The lowest BCUT2D eigenvalue weighted by atomic mass is 10.4. The number of carbonyl (C=O) groups is 1. The number of nitrogens with two attached hydrogens (primary N) is 1. The van der Waals surface area contributed by atoms with Gasteiger partial charge in [0.25, 0.3) is 0 Å². The Morgan fingerprint density at radius 1 is 1.53 bits per heavy atom. The van der Waals surface area contributed by atoms with Crippen LogP contribution in [0.25, 0.3) is 0 Å². The molecular formula is C9H19N3O3. The Balaban J connectivity index is 3.73. The van der Waals surface area contributed by atoms with Gasteiger partial charge in [0.1, 0.15) is 0 Å². The summed E-state index contributed by atoms with van der Waals surface area (Å²) in [5, 5.41) is 2.92. The van der Waals surface area contributed by atoms with E-state index in [9.17, 15) is 4.79 Å². The molecule has 6 nitrogen and oxygen atoms in total. The van der Waals surface area contributed by atoms with Gasteiger partial charge in [0.2, 0.25) is 0 Å². The Kier molecular flexibility index (Phi) is 7.35. The van der Waals surface area contributed by atoms with Crippen LogP contribution in [0.15, 0.2) is 4.99 Å². The van der Waals surface area contributed by atoms with Crippen molar-refractivity contribution in [3.05, 3.63) is 0 Å². The number of hydrogen-bond acceptors (Lipinski definition) is 4. The van der Waals surface area contributed by atoms with Crippen molar-refractivity contribution < 1.29 is 14.3 Å². The van der Waals surface area contributed by atoms with Crippen LogP contribution < -0.4 is 11.1 Å². The molecule has 0 radical (unpaired) electrons. The van der Waals surface area contributed by atoms with Crippen molar-refractivity contribution in [2.75, 3.05) is 27.4 Å². The number of carbonyl (C=O) groups excluding carboxylic acids is 1. The molecule has 0 aliphatic heterocycles. The zero-order valence-electron chi connectivity index (χ0n) is 9.45. The first-order chi connectivity index (χ1) is 7.10. The zero-order chi connectivity index (χ0) is 11.7. The monoisotopic (exact) mass is 217 g/mol. The Labute approximate surface area is 89.8 Å². The van der Waals surface area contributed by atoms with Crippen LogP contribution in [0.4, 0.5) is 0 Å². The van der Waals surface area contributed by atoms with E-state index in [0.717, 1.165) is 0 Å². The lowest BCUT2D eigenvalue weighted by Crippen LogP contribution is -2.40. The summed E-state index contributed by atoms with van der Waals surface area (Å²) < 4.78 is 9.38. The smallest absolute Gasteiger partial charge is 0.307 e. The van der Waals surface area contributed by atoms with Gasteiger partial charge in [-0.1, -0.05) is 0 Å². The maximum absolute atomic E-state index is 10.7. The molecule has 0 amide bonds. The number of hydrogen-bond donors (Lipinski definition) is 2. The molecule has 0 aliphatic carbocycles. The number of methoxy groups -OCH3 is 2. The fourth-order valence-corrected chi connectivity index (χ4v) is 0.959. The molecule has 1 atom stereocenters. The Hall–Kier alpha value is -1.30. The van der Waals surface area contributed by atoms with Crippen LogP contribution in [0.2, 0.25) is 0 Å². The van der Waals surface area contributed by atoms with Gasteiger partial charge in [-0.3, -0.25) is 9.79 Å². The predicted molar refractivity (Wildman–Crippen MR) is 57.6 cm³/mol. The third-order valence-electron chi connectivity index (χ3n) is 1.64. The second-order valence-corrected chi connectivity index (χ2v) is 3.09. The molecule has 0 rings (SSSR count). The van der Waals surface area contributed by atoms with Crippen LogP contribution in [0, 0.1) is 0 Å². The normalized spacial score (nSPS) is 13.4. The second kappa shape index (κ2) is 8.05. The summed E-state index contributed by atoms with van der Waals surface area (Å²) in [6.45, 7) is 2.80. The van der Waals surface area contributed by atoms with E-state index in [1.165, 1.54) is 7.11 Å². The first kappa shape index (κ1) is 13.7. The number of aliphatic imine (C=N–C) groups is 1. The van der Waals surface area contributed by atoms with E-state index in [1.807, 2.05) is 6.92 Å². The largest absolute Gasteiger partial charge is 0.469 e. The molecule has 88 valence electrons. The molecule has 0 saturated heterocycles. The van der Waals surface area contributed by atoms with Crippen molar-refractivity contribution in [1.29, 1.82) is 0 Å². The fraction of sp³-hybridized carbons (Fsp3) is 0.778. The third kappa shape index (κ3) is 7.75. The summed E-state index contributed by atoms with van der Waals surface area (Å²) >= 11 is 0. The number of nitrogens with one attached hydrogen (secondary N) is 1. The summed E-state index contributed by atoms with van der Waals surface area (Å²) in [5.74, 6) is 0.0138. The summed E-state index contributed by atoms with van der Waals surface area (Å²) in [5.41, 5.74) is 5.56. The highest BCUT2D eigenvalue weighted by atomic mass is 16.5. The first-order valence-corrected chi connectivity index (χ1v) is 4.72. The van der Waals surface area contributed by atoms with Crippen LogP contribution in [0.5, 0.6) is 0 Å². The first-order valence-electron chi connectivity index (χ1n) is 4.72. The van der Waals surface area contributed by atoms with E-state index in [-0.39, 0.29) is 18.4 Å². The van der Waals surface area contributed by atoms with Crippen molar-refractivity contribution in [1.82, 2.24) is 5.32 Å². The minimum absolute atomic E-state index is 0.0943. The van der Waals surface area contributed by atoms with E-state index in [4.69, 9.17) is 10.5 Å². The van der Waals surface area contributed by atoms with Gasteiger partial charge in [0.05, 0.1) is 26.7 Å². The number of guanidine groups is 1. The van der Waals surface area contributed by atoms with Crippen molar-refractivity contribution in [3.8, 4) is 0 Å². The molecule has 0 aromatic carbocycles. The molecule has 0 saturated carbocycles. The van der Waals surface area contributed by atoms with Crippen LogP contribution in [-0.4, -0.2) is 45.3 Å². The third-order valence-corrected chi connectivity index (χ3v) is 1.64. The van der Waals surface area contributed by atoms with Gasteiger partial charge in [-0.2, -0.15) is 0 Å². The second-order valence-electron chi connectivity index (χ2n) is 3.09. The Morgan fingerprint density at radius 3 is 2.73 bits per heavy atom. The molecule has 1 unspecified atom stereocenters. The summed E-state index contributed by atoms with van der Waals surface area (Å²) in [7, 11) is 2.96. The predicted octanol–water partition coefficient (Wildman–Crippen LogP) is -0.511. The number of rotatable bonds is 6. The molecule has 0 fully saturated rings. The highest BCUT2D eigenvalue weighted by Gasteiger charge is 2.02. The highest BCUT2D eigenvalue weighted by molar-refractivity contribution is 5.78. The average molecular weight is 217 g/mol. The lowest BCUT2D eigenvalue weighted by Gasteiger charge is -2.12. The number of nitrogens with zero attached hydrogens (tertiary/aromatic N) is 1. The summed E-state index contributed by atoms with van der Waals surface area (Å²) in [4.78, 5) is 14.7. The zero-order valence-corrected chi connectivity index (χ0v) is 9.45. The van der Waals surface area contributed by atoms with Crippen molar-refractivity contribution in [2.45, 2.75) is 19.4 Å². The molecule has 6 heteroatoms. The SMILES string of the molecule is COCC(C)NC(N)=NCCC(=O)OC. The highest BCUT2D eigenvalue weighted by Crippen LogP contribution is 1.86. The molecule has 0 aromatic rings. The van der Waals surface area contributed by atoms with E-state index in [0.29, 0.717) is 19.1 Å². The summed E-state index contributed by atoms with van der Waals surface area (Å²) in [6.07, 6.45) is 0.234. The van der Waals surface area contributed by atoms with Gasteiger partial charge in [-0.05, 0) is 6.92 Å². The minimum Gasteiger partial charge on any atom is -0.469 e. The van der Waals surface area contributed by atoms with E-state index >= 15 is 0 Å². The molecular weight excluding hydrogens is 198 g/mol. The lowest BCUT2D eigenvalue weighted by molar-refractivity contribution is -0.140. The summed E-state index contributed by atoms with van der Waals surface area (Å²) in [6, 6.07) is 0.0943. The van der Waals surface area contributed by atoms with Gasteiger partial charge >= 0.3 is 5.97 Å². The van der Waals surface area contributed by atoms with Crippen LogP contribution in [0.3, 0.4) is 0 Å². The van der Waals surface area contributed by atoms with E-state index in [1.54, 1.807) is 7.11 Å². The quantitative estimate of drug-likeness (QED) is 0.355. The Morgan fingerprint density at radius 2 is 2.20 bits per heavy atom. The van der Waals surface area contributed by atoms with Crippen LogP contribution in [0.1, 0.15) is 13.3 Å². The molecule has 0 aromatic heterocycles. The molecule has 0 heterocycles. The Bertz CT molecular complexity index is 219. The fourth-order valence-electron chi connectivity index (χ4n) is 0.959. The molecule has 0 spiro atoms. The van der Waals surface area contributed by atoms with Gasteiger partial charge in [-0.15, -0.1) is 0 Å². The average Bonchev–Trinajstić information content (AvgIpc) is 2.17. The van der Waals surface area contributed by atoms with E-state index < -0.39 is 0 Å². The number of ether oxygens (including phenoxy) is 2. The topological polar surface area (TPSA) is 85.9 Å². The van der Waals surface area contributed by atoms with Crippen LogP contribution in [-0.2, 0) is 14.3 Å². The van der Waals surface area contributed by atoms with Gasteiger partial charge in [0, 0.05) is 13.2 Å². The van der Waals surface area contributed by atoms with Crippen molar-refractivity contribution in [3.63, 3.8) is 0 Å². The molecule has 0 bridgehead atoms. The molecule has 0 aliphatic rings. The van der Waals surface area contributed by atoms with Gasteiger partial charge in [-0.25, -0.2) is 0 Å². The minimum atomic E-state index is -0.295. The van der Waals surface area contributed by atoms with Crippen molar-refractivity contribution in [2.24, 2.45) is 10.7 Å². The molecule has 3 N–H and O–H groups in total.